The van der Waals surface area contributed by atoms with Crippen molar-refractivity contribution in [1.82, 2.24) is 5.32 Å². The smallest absolute Gasteiger partial charge is 0.0573 e. The van der Waals surface area contributed by atoms with E-state index in [9.17, 15) is 5.11 Å². The Morgan fingerprint density at radius 1 is 1.19 bits per heavy atom. The van der Waals surface area contributed by atoms with Gasteiger partial charge < -0.3 is 10.4 Å². The lowest BCUT2D eigenvalue weighted by molar-refractivity contribution is 0.0813. The van der Waals surface area contributed by atoms with Crippen molar-refractivity contribution in [2.75, 3.05) is 0 Å². The van der Waals surface area contributed by atoms with Gasteiger partial charge in [-0.05, 0) is 24.3 Å². The van der Waals surface area contributed by atoms with Crippen molar-refractivity contribution in [3.63, 3.8) is 0 Å². The molecule has 1 aromatic rings. The molecule has 1 heterocycles. The molecule has 0 aliphatic carbocycles. The van der Waals surface area contributed by atoms with Crippen molar-refractivity contribution >= 4 is 0 Å². The molecular weight excluding hydrogens is 198 g/mol. The molecular formula is C14H21NO. The second-order valence-electron chi connectivity index (χ2n) is 5.11. The molecule has 1 aliphatic rings. The maximum absolute atomic E-state index is 9.92. The molecule has 0 saturated carbocycles. The van der Waals surface area contributed by atoms with Crippen LogP contribution in [0.15, 0.2) is 30.3 Å². The van der Waals surface area contributed by atoms with Crippen LogP contribution in [0.25, 0.3) is 0 Å². The van der Waals surface area contributed by atoms with Crippen LogP contribution in [0.1, 0.15) is 38.3 Å². The Labute approximate surface area is 97.7 Å². The second kappa shape index (κ2) is 4.98. The standard InChI is InChI=1S/C14H21NO/c1-10(2)13-8-12(16)9-14(15-13)11-6-4-3-5-7-11/h3-7,10,12-16H,8-9H2,1-2H3. The predicted molar refractivity (Wildman–Crippen MR) is 66.2 cm³/mol. The number of nitrogens with one attached hydrogen (secondary N) is 1. The summed E-state index contributed by atoms with van der Waals surface area (Å²) in [5, 5.41) is 13.6. The zero-order valence-corrected chi connectivity index (χ0v) is 10.1. The third kappa shape index (κ3) is 2.63. The molecule has 0 amide bonds. The average molecular weight is 219 g/mol. The molecule has 16 heavy (non-hydrogen) atoms. The molecule has 1 saturated heterocycles. The van der Waals surface area contributed by atoms with Crippen LogP contribution in [-0.2, 0) is 0 Å². The molecule has 0 bridgehead atoms. The second-order valence-corrected chi connectivity index (χ2v) is 5.11. The van der Waals surface area contributed by atoms with Gasteiger partial charge in [0.1, 0.15) is 0 Å². The van der Waals surface area contributed by atoms with Gasteiger partial charge in [0.15, 0.2) is 0 Å². The van der Waals surface area contributed by atoms with Crippen LogP contribution in [0.3, 0.4) is 0 Å². The van der Waals surface area contributed by atoms with Crippen molar-refractivity contribution in [2.24, 2.45) is 5.92 Å². The normalized spacial score (nSPS) is 30.6. The first-order chi connectivity index (χ1) is 7.66. The average Bonchev–Trinajstić information content (AvgIpc) is 2.29. The number of benzene rings is 1. The summed E-state index contributed by atoms with van der Waals surface area (Å²) in [6.07, 6.45) is 1.53. The van der Waals surface area contributed by atoms with Crippen molar-refractivity contribution < 1.29 is 5.11 Å². The quantitative estimate of drug-likeness (QED) is 0.801. The highest BCUT2D eigenvalue weighted by molar-refractivity contribution is 5.20. The van der Waals surface area contributed by atoms with Crippen molar-refractivity contribution in [1.29, 1.82) is 0 Å². The Morgan fingerprint density at radius 3 is 2.50 bits per heavy atom. The summed E-state index contributed by atoms with van der Waals surface area (Å²) in [6.45, 7) is 4.41. The van der Waals surface area contributed by atoms with Crippen LogP contribution in [0, 0.1) is 5.92 Å². The molecule has 0 spiro atoms. The van der Waals surface area contributed by atoms with E-state index in [4.69, 9.17) is 0 Å². The largest absolute Gasteiger partial charge is 0.393 e. The Morgan fingerprint density at radius 2 is 1.88 bits per heavy atom. The summed E-state index contributed by atoms with van der Waals surface area (Å²) < 4.78 is 0. The minimum absolute atomic E-state index is 0.168. The number of rotatable bonds is 2. The first kappa shape index (κ1) is 11.6. The molecule has 2 N–H and O–H groups in total. The van der Waals surface area contributed by atoms with Gasteiger partial charge >= 0.3 is 0 Å². The van der Waals surface area contributed by atoms with Gasteiger partial charge in [-0.1, -0.05) is 44.2 Å². The molecule has 0 radical (unpaired) electrons. The highest BCUT2D eigenvalue weighted by Crippen LogP contribution is 2.28. The van der Waals surface area contributed by atoms with Gasteiger partial charge in [0.05, 0.1) is 6.10 Å². The number of piperidine rings is 1. The van der Waals surface area contributed by atoms with E-state index in [1.54, 1.807) is 0 Å². The predicted octanol–water partition coefficient (Wildman–Crippen LogP) is 2.50. The van der Waals surface area contributed by atoms with Gasteiger partial charge in [0, 0.05) is 12.1 Å². The summed E-state index contributed by atoms with van der Waals surface area (Å²) in [7, 11) is 0. The summed E-state index contributed by atoms with van der Waals surface area (Å²) in [5.74, 6) is 0.571. The Bertz CT molecular complexity index is 323. The topological polar surface area (TPSA) is 32.3 Å². The Balaban J connectivity index is 2.11. The van der Waals surface area contributed by atoms with Gasteiger partial charge in [-0.2, -0.15) is 0 Å². The van der Waals surface area contributed by atoms with E-state index in [1.165, 1.54) is 5.56 Å². The molecule has 2 nitrogen and oxygen atoms in total. The summed E-state index contributed by atoms with van der Waals surface area (Å²) >= 11 is 0. The minimum Gasteiger partial charge on any atom is -0.393 e. The number of hydrogen-bond acceptors (Lipinski definition) is 2. The van der Waals surface area contributed by atoms with Crippen molar-refractivity contribution in [3.8, 4) is 0 Å². The number of aliphatic hydroxyl groups is 1. The molecule has 2 rings (SSSR count). The van der Waals surface area contributed by atoms with E-state index in [0.29, 0.717) is 18.0 Å². The minimum atomic E-state index is -0.168. The maximum atomic E-state index is 9.92. The molecule has 1 aliphatic heterocycles. The molecule has 1 fully saturated rings. The molecule has 0 aromatic heterocycles. The molecule has 88 valence electrons. The lowest BCUT2D eigenvalue weighted by atomic mass is 9.87. The van der Waals surface area contributed by atoms with Crippen molar-refractivity contribution in [3.05, 3.63) is 35.9 Å². The third-order valence-corrected chi connectivity index (χ3v) is 3.46. The van der Waals surface area contributed by atoms with Crippen LogP contribution < -0.4 is 5.32 Å². The fourth-order valence-electron chi connectivity index (χ4n) is 2.44. The molecule has 1 aromatic carbocycles. The van der Waals surface area contributed by atoms with E-state index in [0.717, 1.165) is 12.8 Å². The summed E-state index contributed by atoms with van der Waals surface area (Å²) in [4.78, 5) is 0. The van der Waals surface area contributed by atoms with Gasteiger partial charge in [-0.25, -0.2) is 0 Å². The zero-order chi connectivity index (χ0) is 11.5. The molecule has 2 heteroatoms. The zero-order valence-electron chi connectivity index (χ0n) is 10.1. The van der Waals surface area contributed by atoms with Crippen LogP contribution in [0.5, 0.6) is 0 Å². The van der Waals surface area contributed by atoms with Gasteiger partial charge in [0.25, 0.3) is 0 Å². The van der Waals surface area contributed by atoms with Gasteiger partial charge in [0.2, 0.25) is 0 Å². The Kier molecular flexibility index (Phi) is 3.62. The number of aliphatic hydroxyl groups excluding tert-OH is 1. The lowest BCUT2D eigenvalue weighted by Crippen LogP contribution is -2.45. The lowest BCUT2D eigenvalue weighted by Gasteiger charge is -2.36. The van der Waals surface area contributed by atoms with E-state index in [1.807, 2.05) is 6.07 Å². The van der Waals surface area contributed by atoms with Crippen LogP contribution >= 0.6 is 0 Å². The molecule has 3 atom stereocenters. The SMILES string of the molecule is CC(C)C1CC(O)CC(c2ccccc2)N1. The summed E-state index contributed by atoms with van der Waals surface area (Å²) in [5.41, 5.74) is 1.28. The van der Waals surface area contributed by atoms with E-state index >= 15 is 0 Å². The Hall–Kier alpha value is -0.860. The van der Waals surface area contributed by atoms with Crippen LogP contribution in [0.4, 0.5) is 0 Å². The highest BCUT2D eigenvalue weighted by Gasteiger charge is 2.29. The first-order valence-electron chi connectivity index (χ1n) is 6.16. The van der Waals surface area contributed by atoms with Crippen LogP contribution in [-0.4, -0.2) is 17.3 Å². The van der Waals surface area contributed by atoms with Gasteiger partial charge in [-0.3, -0.25) is 0 Å². The van der Waals surface area contributed by atoms with E-state index < -0.39 is 0 Å². The fourth-order valence-corrected chi connectivity index (χ4v) is 2.44. The maximum Gasteiger partial charge on any atom is 0.0573 e. The van der Waals surface area contributed by atoms with E-state index in [-0.39, 0.29) is 6.10 Å². The third-order valence-electron chi connectivity index (χ3n) is 3.46. The monoisotopic (exact) mass is 219 g/mol. The van der Waals surface area contributed by atoms with E-state index in [2.05, 4.69) is 43.4 Å². The summed E-state index contributed by atoms with van der Waals surface area (Å²) in [6, 6.07) is 11.1. The highest BCUT2D eigenvalue weighted by atomic mass is 16.3. The fraction of sp³-hybridized carbons (Fsp3) is 0.571. The van der Waals surface area contributed by atoms with Crippen molar-refractivity contribution in [2.45, 2.75) is 44.9 Å². The van der Waals surface area contributed by atoms with Gasteiger partial charge in [-0.15, -0.1) is 0 Å². The number of hydrogen-bond donors (Lipinski definition) is 2. The molecule has 3 unspecified atom stereocenters. The first-order valence-corrected chi connectivity index (χ1v) is 6.16. The van der Waals surface area contributed by atoms with Crippen LogP contribution in [0.2, 0.25) is 0 Å².